The van der Waals surface area contributed by atoms with Crippen LogP contribution >= 0.6 is 11.3 Å². The van der Waals surface area contributed by atoms with Crippen molar-refractivity contribution in [2.24, 2.45) is 5.92 Å². The van der Waals surface area contributed by atoms with Crippen LogP contribution in [0.1, 0.15) is 46.7 Å². The van der Waals surface area contributed by atoms with Crippen molar-refractivity contribution < 1.29 is 13.2 Å². The van der Waals surface area contributed by atoms with Gasteiger partial charge < -0.3 is 4.90 Å². The third kappa shape index (κ3) is 5.04. The zero-order valence-corrected chi connectivity index (χ0v) is 17.7. The highest BCUT2D eigenvalue weighted by atomic mass is 32.1. The van der Waals surface area contributed by atoms with Crippen molar-refractivity contribution in [1.82, 2.24) is 9.80 Å². The second-order valence-corrected chi connectivity index (χ2v) is 9.57. The molecular formula is C23H29F3N2S. The number of thiophene rings is 1. The Balaban J connectivity index is 1.55. The molecule has 0 saturated carbocycles. The zero-order chi connectivity index (χ0) is 20.4. The van der Waals surface area contributed by atoms with Crippen LogP contribution in [0.3, 0.4) is 0 Å². The monoisotopic (exact) mass is 422 g/mol. The lowest BCUT2D eigenvalue weighted by molar-refractivity contribution is -0.137. The van der Waals surface area contributed by atoms with Crippen LogP contribution in [-0.4, -0.2) is 42.5 Å². The van der Waals surface area contributed by atoms with E-state index in [1.54, 1.807) is 17.4 Å². The molecule has 0 bridgehead atoms. The number of halogens is 3. The molecule has 0 unspecified atom stereocenters. The van der Waals surface area contributed by atoms with Crippen molar-refractivity contribution in [2.75, 3.05) is 32.7 Å². The summed E-state index contributed by atoms with van der Waals surface area (Å²) < 4.78 is 39.8. The summed E-state index contributed by atoms with van der Waals surface area (Å²) in [6, 6.07) is 8.18. The van der Waals surface area contributed by atoms with Gasteiger partial charge in [0, 0.05) is 37.0 Å². The summed E-state index contributed by atoms with van der Waals surface area (Å²) in [5.74, 6) is 0.524. The Bertz CT molecular complexity index is 810. The Morgan fingerprint density at radius 1 is 1.03 bits per heavy atom. The topological polar surface area (TPSA) is 6.48 Å². The van der Waals surface area contributed by atoms with E-state index in [0.29, 0.717) is 5.92 Å². The number of alkyl halides is 3. The van der Waals surface area contributed by atoms with Crippen LogP contribution in [0.15, 0.2) is 35.7 Å². The minimum Gasteiger partial charge on any atom is -0.303 e. The van der Waals surface area contributed by atoms with Crippen LogP contribution < -0.4 is 0 Å². The Morgan fingerprint density at radius 3 is 2.52 bits per heavy atom. The van der Waals surface area contributed by atoms with E-state index in [1.807, 2.05) is 6.07 Å². The molecule has 3 heterocycles. The second-order valence-electron chi connectivity index (χ2n) is 8.57. The van der Waals surface area contributed by atoms with Gasteiger partial charge in [0.1, 0.15) is 0 Å². The molecule has 6 heteroatoms. The Morgan fingerprint density at radius 2 is 1.83 bits per heavy atom. The minimum atomic E-state index is -4.29. The molecule has 0 aliphatic carbocycles. The van der Waals surface area contributed by atoms with Crippen molar-refractivity contribution in [1.29, 1.82) is 0 Å². The summed E-state index contributed by atoms with van der Waals surface area (Å²) in [7, 11) is 0. The maximum atomic E-state index is 13.3. The molecule has 0 radical (unpaired) electrons. The molecule has 4 rings (SSSR count). The van der Waals surface area contributed by atoms with Crippen LogP contribution in [0.25, 0.3) is 0 Å². The molecule has 158 valence electrons. The molecule has 2 aliphatic heterocycles. The van der Waals surface area contributed by atoms with Gasteiger partial charge in [-0.2, -0.15) is 13.2 Å². The number of piperidine rings is 1. The van der Waals surface area contributed by atoms with Gasteiger partial charge in [-0.3, -0.25) is 4.90 Å². The lowest BCUT2D eigenvalue weighted by atomic mass is 9.87. The molecule has 2 saturated heterocycles. The van der Waals surface area contributed by atoms with Gasteiger partial charge in [-0.25, -0.2) is 0 Å². The fourth-order valence-electron chi connectivity index (χ4n) is 4.84. The van der Waals surface area contributed by atoms with Crippen molar-refractivity contribution in [3.63, 3.8) is 0 Å². The lowest BCUT2D eigenvalue weighted by Crippen LogP contribution is -2.36. The summed E-state index contributed by atoms with van der Waals surface area (Å²) in [6.45, 7) is 8.05. The SMILES string of the molecule is Cc1ccsc1CN1C[C@H](CN2CCCCC2)[C@H](c2cccc(C(F)(F)F)c2)C1. The highest BCUT2D eigenvalue weighted by Gasteiger charge is 2.37. The molecule has 29 heavy (non-hydrogen) atoms. The maximum Gasteiger partial charge on any atom is 0.416 e. The molecule has 0 amide bonds. The third-order valence-corrected chi connectivity index (χ3v) is 7.44. The average molecular weight is 423 g/mol. The lowest BCUT2D eigenvalue weighted by Gasteiger charge is -2.31. The molecule has 0 spiro atoms. The second kappa shape index (κ2) is 8.78. The third-order valence-electron chi connectivity index (χ3n) is 6.44. The molecular weight excluding hydrogens is 393 g/mol. The summed E-state index contributed by atoms with van der Waals surface area (Å²) >= 11 is 1.78. The predicted molar refractivity (Wildman–Crippen MR) is 112 cm³/mol. The van der Waals surface area contributed by atoms with Crippen LogP contribution in [0.4, 0.5) is 13.2 Å². The molecule has 2 atom stereocenters. The fraction of sp³-hybridized carbons (Fsp3) is 0.565. The number of benzene rings is 1. The van der Waals surface area contributed by atoms with E-state index in [2.05, 4.69) is 28.2 Å². The number of hydrogen-bond donors (Lipinski definition) is 0. The van der Waals surface area contributed by atoms with Crippen molar-refractivity contribution in [3.8, 4) is 0 Å². The number of nitrogens with zero attached hydrogens (tertiary/aromatic N) is 2. The summed E-state index contributed by atoms with van der Waals surface area (Å²) in [5, 5.41) is 2.12. The van der Waals surface area contributed by atoms with E-state index in [1.165, 1.54) is 41.8 Å². The van der Waals surface area contributed by atoms with Crippen LogP contribution in [0, 0.1) is 12.8 Å². The largest absolute Gasteiger partial charge is 0.416 e. The predicted octanol–water partition coefficient (Wildman–Crippen LogP) is 5.78. The molecule has 0 N–H and O–H groups in total. The van der Waals surface area contributed by atoms with E-state index in [9.17, 15) is 13.2 Å². The van der Waals surface area contributed by atoms with Gasteiger partial charge in [-0.15, -0.1) is 11.3 Å². The summed E-state index contributed by atoms with van der Waals surface area (Å²) in [5.41, 5.74) is 1.62. The van der Waals surface area contributed by atoms with Crippen LogP contribution in [0.2, 0.25) is 0 Å². The first-order valence-corrected chi connectivity index (χ1v) is 11.4. The van der Waals surface area contributed by atoms with E-state index >= 15 is 0 Å². The molecule has 1 aromatic carbocycles. The van der Waals surface area contributed by atoms with Gasteiger partial charge in [-0.05, 0) is 67.4 Å². The van der Waals surface area contributed by atoms with Gasteiger partial charge in [0.05, 0.1) is 5.56 Å². The molecule has 2 nitrogen and oxygen atoms in total. The normalized spacial score (nSPS) is 24.3. The van der Waals surface area contributed by atoms with E-state index in [0.717, 1.165) is 44.8 Å². The highest BCUT2D eigenvalue weighted by molar-refractivity contribution is 7.10. The first kappa shape index (κ1) is 20.9. The number of rotatable bonds is 5. The van der Waals surface area contributed by atoms with E-state index in [-0.39, 0.29) is 5.92 Å². The van der Waals surface area contributed by atoms with Gasteiger partial charge in [0.25, 0.3) is 0 Å². The number of aryl methyl sites for hydroxylation is 1. The smallest absolute Gasteiger partial charge is 0.303 e. The minimum absolute atomic E-state index is 0.152. The van der Waals surface area contributed by atoms with Crippen molar-refractivity contribution in [2.45, 2.75) is 44.8 Å². The Hall–Kier alpha value is -1.37. The van der Waals surface area contributed by atoms with Gasteiger partial charge in [-0.1, -0.05) is 24.6 Å². The van der Waals surface area contributed by atoms with Crippen LogP contribution in [-0.2, 0) is 12.7 Å². The summed E-state index contributed by atoms with van der Waals surface area (Å²) in [4.78, 5) is 6.33. The number of hydrogen-bond acceptors (Lipinski definition) is 3. The number of likely N-dealkylation sites (tertiary alicyclic amines) is 2. The highest BCUT2D eigenvalue weighted by Crippen LogP contribution is 2.38. The standard InChI is InChI=1S/C23H29F3N2S/c1-17-8-11-29-22(17)16-28-14-19(13-27-9-3-2-4-10-27)21(15-28)18-6-5-7-20(12-18)23(24,25)26/h5-8,11-12,19,21H,2-4,9-10,13-16H2,1H3/t19-,21-/m0/s1. The summed E-state index contributed by atoms with van der Waals surface area (Å²) in [6.07, 6.45) is -0.523. The van der Waals surface area contributed by atoms with Crippen molar-refractivity contribution >= 4 is 11.3 Å². The van der Waals surface area contributed by atoms with Crippen molar-refractivity contribution in [3.05, 3.63) is 57.3 Å². The zero-order valence-electron chi connectivity index (χ0n) is 16.9. The Kier molecular flexibility index (Phi) is 6.32. The Labute approximate surface area is 175 Å². The molecule has 2 fully saturated rings. The average Bonchev–Trinajstić information content (AvgIpc) is 3.28. The van der Waals surface area contributed by atoms with Gasteiger partial charge >= 0.3 is 6.18 Å². The fourth-order valence-corrected chi connectivity index (χ4v) is 5.79. The molecule has 2 aliphatic rings. The molecule has 2 aromatic rings. The first-order chi connectivity index (χ1) is 13.9. The molecule has 1 aromatic heterocycles. The van der Waals surface area contributed by atoms with E-state index < -0.39 is 11.7 Å². The quantitative estimate of drug-likeness (QED) is 0.603. The van der Waals surface area contributed by atoms with E-state index in [4.69, 9.17) is 0 Å². The maximum absolute atomic E-state index is 13.3. The van der Waals surface area contributed by atoms with Gasteiger partial charge in [0.2, 0.25) is 0 Å². The van der Waals surface area contributed by atoms with Crippen LogP contribution in [0.5, 0.6) is 0 Å². The first-order valence-electron chi connectivity index (χ1n) is 10.5. The van der Waals surface area contributed by atoms with Gasteiger partial charge in [0.15, 0.2) is 0 Å².